The minimum Gasteiger partial charge on any atom is -0.366 e. The van der Waals surface area contributed by atoms with Crippen molar-refractivity contribution in [1.29, 1.82) is 0 Å². The topological polar surface area (TPSA) is 68.9 Å². The molecule has 1 amide bonds. The van der Waals surface area contributed by atoms with E-state index >= 15 is 0 Å². The molecule has 0 saturated heterocycles. The summed E-state index contributed by atoms with van der Waals surface area (Å²) < 4.78 is 3.77. The van der Waals surface area contributed by atoms with Crippen LogP contribution >= 0.6 is 11.5 Å². The first-order valence-corrected chi connectivity index (χ1v) is 5.20. The fraction of sp³-hybridized carbons (Fsp3) is 0.100. The lowest BCUT2D eigenvalue weighted by Gasteiger charge is -2.03. The van der Waals surface area contributed by atoms with E-state index < -0.39 is 5.91 Å². The zero-order valence-electron chi connectivity index (χ0n) is 8.10. The van der Waals surface area contributed by atoms with Gasteiger partial charge in [0.25, 0.3) is 0 Å². The van der Waals surface area contributed by atoms with Crippen LogP contribution in [0.4, 0.5) is 0 Å². The Morgan fingerprint density at radius 3 is 2.87 bits per heavy atom. The maximum absolute atomic E-state index is 11.1. The van der Waals surface area contributed by atoms with Gasteiger partial charge in [0.1, 0.15) is 5.69 Å². The van der Waals surface area contributed by atoms with Crippen molar-refractivity contribution >= 4 is 17.4 Å². The van der Waals surface area contributed by atoms with E-state index in [0.29, 0.717) is 5.56 Å². The molecule has 5 heteroatoms. The number of amides is 1. The molecule has 0 fully saturated rings. The van der Waals surface area contributed by atoms with Crippen molar-refractivity contribution in [3.63, 3.8) is 0 Å². The number of nitrogens with zero attached hydrogens (tertiary/aromatic N) is 2. The average Bonchev–Trinajstić information content (AvgIpc) is 2.71. The zero-order chi connectivity index (χ0) is 10.8. The van der Waals surface area contributed by atoms with E-state index in [9.17, 15) is 4.79 Å². The number of carbonyl (C=O) groups excluding carboxylic acids is 1. The van der Waals surface area contributed by atoms with E-state index in [2.05, 4.69) is 9.59 Å². The molecule has 15 heavy (non-hydrogen) atoms. The molecule has 0 radical (unpaired) electrons. The van der Waals surface area contributed by atoms with Crippen molar-refractivity contribution in [2.45, 2.75) is 6.92 Å². The lowest BCUT2D eigenvalue weighted by Crippen LogP contribution is -2.12. The monoisotopic (exact) mass is 219 g/mol. The highest BCUT2D eigenvalue weighted by Crippen LogP contribution is 2.20. The van der Waals surface area contributed by atoms with Gasteiger partial charge < -0.3 is 5.73 Å². The summed E-state index contributed by atoms with van der Waals surface area (Å²) in [5, 5.41) is 5.76. The number of aromatic nitrogens is 2. The lowest BCUT2D eigenvalue weighted by atomic mass is 10.0. The quantitative estimate of drug-likeness (QED) is 0.834. The van der Waals surface area contributed by atoms with Gasteiger partial charge in [0.2, 0.25) is 5.91 Å². The highest BCUT2D eigenvalue weighted by atomic mass is 32.1. The Kier molecular flexibility index (Phi) is 2.47. The predicted octanol–water partition coefficient (Wildman–Crippen LogP) is 1.61. The highest BCUT2D eigenvalue weighted by molar-refractivity contribution is 7.03. The van der Waals surface area contributed by atoms with E-state index in [4.69, 9.17) is 5.73 Å². The summed E-state index contributed by atoms with van der Waals surface area (Å²) in [5.74, 6) is -0.419. The summed E-state index contributed by atoms with van der Waals surface area (Å²) in [5.41, 5.74) is 8.29. The molecule has 0 saturated carbocycles. The molecule has 2 aromatic rings. The summed E-state index contributed by atoms with van der Waals surface area (Å²) in [6, 6.07) is 5.50. The number of nitrogens with two attached hydrogens (primary N) is 1. The van der Waals surface area contributed by atoms with Crippen LogP contribution in [0.25, 0.3) is 11.3 Å². The van der Waals surface area contributed by atoms with Crippen LogP contribution in [0.3, 0.4) is 0 Å². The van der Waals surface area contributed by atoms with Crippen LogP contribution in [-0.2, 0) is 0 Å². The molecule has 76 valence electrons. The third-order valence-electron chi connectivity index (χ3n) is 2.16. The Morgan fingerprint density at radius 2 is 2.27 bits per heavy atom. The van der Waals surface area contributed by atoms with E-state index in [1.807, 2.05) is 24.4 Å². The van der Waals surface area contributed by atoms with Crippen LogP contribution in [0.1, 0.15) is 15.9 Å². The van der Waals surface area contributed by atoms with Gasteiger partial charge in [-0.2, -0.15) is 0 Å². The third kappa shape index (κ3) is 1.87. The summed E-state index contributed by atoms with van der Waals surface area (Å²) in [4.78, 5) is 11.1. The van der Waals surface area contributed by atoms with Crippen molar-refractivity contribution in [3.05, 3.63) is 34.7 Å². The van der Waals surface area contributed by atoms with Crippen LogP contribution in [0.2, 0.25) is 0 Å². The van der Waals surface area contributed by atoms with Crippen LogP contribution < -0.4 is 5.73 Å². The molecule has 0 atom stereocenters. The first-order valence-electron chi connectivity index (χ1n) is 4.36. The Labute approximate surface area is 90.9 Å². The molecular formula is C10H9N3OS. The first-order chi connectivity index (χ1) is 7.18. The molecule has 0 spiro atoms. The Bertz CT molecular complexity index is 493. The molecule has 0 aliphatic heterocycles. The van der Waals surface area contributed by atoms with Gasteiger partial charge in [-0.05, 0) is 30.1 Å². The van der Waals surface area contributed by atoms with Gasteiger partial charge in [0, 0.05) is 16.5 Å². The molecule has 1 aromatic carbocycles. The summed E-state index contributed by atoms with van der Waals surface area (Å²) >= 11 is 1.28. The minimum absolute atomic E-state index is 0.419. The van der Waals surface area contributed by atoms with Crippen molar-refractivity contribution in [1.82, 2.24) is 9.59 Å². The molecule has 4 nitrogen and oxygen atoms in total. The van der Waals surface area contributed by atoms with E-state index in [0.717, 1.165) is 16.8 Å². The normalized spacial score (nSPS) is 10.2. The molecule has 2 rings (SSSR count). The van der Waals surface area contributed by atoms with Gasteiger partial charge in [0.05, 0.1) is 0 Å². The Morgan fingerprint density at radius 1 is 1.47 bits per heavy atom. The van der Waals surface area contributed by atoms with E-state index in [1.165, 1.54) is 11.5 Å². The predicted molar refractivity (Wildman–Crippen MR) is 58.6 cm³/mol. The van der Waals surface area contributed by atoms with Crippen molar-refractivity contribution in [2.75, 3.05) is 0 Å². The Balaban J connectivity index is 2.52. The molecule has 1 heterocycles. The van der Waals surface area contributed by atoms with E-state index in [1.54, 1.807) is 6.07 Å². The molecule has 2 N–H and O–H groups in total. The highest BCUT2D eigenvalue weighted by Gasteiger charge is 2.08. The molecule has 0 bridgehead atoms. The Hall–Kier alpha value is -1.75. The lowest BCUT2D eigenvalue weighted by molar-refractivity contribution is 0.1000. The van der Waals surface area contributed by atoms with Crippen molar-refractivity contribution in [2.24, 2.45) is 5.73 Å². The van der Waals surface area contributed by atoms with Gasteiger partial charge >= 0.3 is 0 Å². The fourth-order valence-corrected chi connectivity index (χ4v) is 1.80. The van der Waals surface area contributed by atoms with Crippen molar-refractivity contribution in [3.8, 4) is 11.3 Å². The first kappa shape index (κ1) is 9.79. The van der Waals surface area contributed by atoms with Gasteiger partial charge in [-0.1, -0.05) is 16.6 Å². The number of rotatable bonds is 2. The minimum atomic E-state index is -0.419. The van der Waals surface area contributed by atoms with E-state index in [-0.39, 0.29) is 0 Å². The largest absolute Gasteiger partial charge is 0.366 e. The molecule has 0 unspecified atom stereocenters. The SMILES string of the molecule is Cc1ccc(-c2csnn2)cc1C(N)=O. The fourth-order valence-electron chi connectivity index (χ4n) is 1.34. The number of hydrogen-bond acceptors (Lipinski definition) is 4. The second-order valence-electron chi connectivity index (χ2n) is 3.18. The smallest absolute Gasteiger partial charge is 0.248 e. The number of benzene rings is 1. The maximum Gasteiger partial charge on any atom is 0.248 e. The second-order valence-corrected chi connectivity index (χ2v) is 3.79. The number of hydrogen-bond donors (Lipinski definition) is 1. The molecule has 0 aliphatic carbocycles. The van der Waals surface area contributed by atoms with Gasteiger partial charge in [0.15, 0.2) is 0 Å². The number of primary amides is 1. The summed E-state index contributed by atoms with van der Waals surface area (Å²) in [6.45, 7) is 1.85. The van der Waals surface area contributed by atoms with Crippen LogP contribution in [0.5, 0.6) is 0 Å². The second kappa shape index (κ2) is 3.78. The summed E-state index contributed by atoms with van der Waals surface area (Å²) in [7, 11) is 0. The van der Waals surface area contributed by atoms with Gasteiger partial charge in [-0.15, -0.1) is 5.10 Å². The van der Waals surface area contributed by atoms with Crippen LogP contribution in [0.15, 0.2) is 23.6 Å². The van der Waals surface area contributed by atoms with Gasteiger partial charge in [-0.25, -0.2) is 0 Å². The van der Waals surface area contributed by atoms with Gasteiger partial charge in [-0.3, -0.25) is 4.79 Å². The number of aryl methyl sites for hydroxylation is 1. The molecule has 0 aliphatic rings. The molecule has 1 aromatic heterocycles. The number of carbonyl (C=O) groups is 1. The molecular weight excluding hydrogens is 210 g/mol. The van der Waals surface area contributed by atoms with Crippen LogP contribution in [-0.4, -0.2) is 15.5 Å². The summed E-state index contributed by atoms with van der Waals surface area (Å²) in [6.07, 6.45) is 0. The van der Waals surface area contributed by atoms with Crippen LogP contribution in [0, 0.1) is 6.92 Å². The third-order valence-corrected chi connectivity index (χ3v) is 2.66. The zero-order valence-corrected chi connectivity index (χ0v) is 8.91. The maximum atomic E-state index is 11.1. The van der Waals surface area contributed by atoms with Crippen molar-refractivity contribution < 1.29 is 4.79 Å². The average molecular weight is 219 g/mol. The standard InChI is InChI=1S/C10H9N3OS/c1-6-2-3-7(4-8(6)10(11)14)9-5-15-13-12-9/h2-5H,1H3,(H2,11,14).